The molecule has 0 spiro atoms. The average Bonchev–Trinajstić information content (AvgIpc) is 3.08. The van der Waals surface area contributed by atoms with Crippen molar-refractivity contribution in [2.45, 2.75) is 32.6 Å². The Bertz CT molecular complexity index is 1180. The molecule has 1 amide bonds. The van der Waals surface area contributed by atoms with E-state index < -0.39 is 6.09 Å². The third-order valence-electron chi connectivity index (χ3n) is 6.56. The molecule has 1 aliphatic rings. The average molecular weight is 505 g/mol. The molecule has 2 aromatic carbocycles. The molecule has 0 unspecified atom stereocenters. The number of carboxylic acid groups (broad SMARTS) is 1. The minimum absolute atomic E-state index is 0.201. The van der Waals surface area contributed by atoms with Crippen LogP contribution in [0, 0.1) is 0 Å². The maximum Gasteiger partial charge on any atom is 0.407 e. The molecule has 0 fully saturated rings. The summed E-state index contributed by atoms with van der Waals surface area (Å²) in [4.78, 5) is 26.3. The summed E-state index contributed by atoms with van der Waals surface area (Å²) < 4.78 is 6.35. The highest BCUT2D eigenvalue weighted by Crippen LogP contribution is 2.28. The van der Waals surface area contributed by atoms with Crippen molar-refractivity contribution in [3.8, 4) is 0 Å². The largest absolute Gasteiger partial charge is 0.465 e. The van der Waals surface area contributed by atoms with Crippen molar-refractivity contribution in [1.82, 2.24) is 14.9 Å². The number of amides is 1. The third kappa shape index (κ3) is 6.89. The lowest BCUT2D eigenvalue weighted by Crippen LogP contribution is -2.29. The zero-order valence-corrected chi connectivity index (χ0v) is 21.8. The molecule has 1 aromatic heterocycles. The Balaban J connectivity index is 1.46. The lowest BCUT2D eigenvalue weighted by molar-refractivity contribution is 0.0288. The summed E-state index contributed by atoms with van der Waals surface area (Å²) in [5, 5.41) is 12.4. The number of anilines is 3. The van der Waals surface area contributed by atoms with Gasteiger partial charge in [0.05, 0.1) is 12.7 Å². The van der Waals surface area contributed by atoms with Gasteiger partial charge in [0.25, 0.3) is 0 Å². The summed E-state index contributed by atoms with van der Waals surface area (Å²) in [7, 11) is 3.65. The van der Waals surface area contributed by atoms with E-state index in [0.29, 0.717) is 25.5 Å². The number of likely N-dealkylation sites (N-methyl/N-ethyl adjacent to an activating group) is 1. The predicted octanol–water partition coefficient (Wildman–Crippen LogP) is 4.62. The van der Waals surface area contributed by atoms with Gasteiger partial charge in [-0.25, -0.2) is 9.78 Å². The Morgan fingerprint density at radius 1 is 1.19 bits per heavy atom. The first kappa shape index (κ1) is 26.2. The summed E-state index contributed by atoms with van der Waals surface area (Å²) in [6.07, 6.45) is 1.36. The fourth-order valence-corrected chi connectivity index (χ4v) is 4.43. The topological polar surface area (TPSA) is 94.1 Å². The van der Waals surface area contributed by atoms with Gasteiger partial charge in [-0.2, -0.15) is 4.98 Å². The number of nitrogens with one attached hydrogen (secondary N) is 1. The van der Waals surface area contributed by atoms with E-state index >= 15 is 0 Å². The maximum absolute atomic E-state index is 11.2. The molecule has 4 rings (SSSR count). The number of fused-ring (bicyclic) bond motifs is 1. The van der Waals surface area contributed by atoms with Gasteiger partial charge in [0.15, 0.2) is 0 Å². The van der Waals surface area contributed by atoms with Crippen LogP contribution in [0.5, 0.6) is 0 Å². The van der Waals surface area contributed by atoms with Crippen LogP contribution in [-0.4, -0.2) is 66.3 Å². The van der Waals surface area contributed by atoms with E-state index in [0.717, 1.165) is 54.4 Å². The number of rotatable bonds is 10. The smallest absolute Gasteiger partial charge is 0.407 e. The number of benzene rings is 2. The molecule has 37 heavy (non-hydrogen) atoms. The Kier molecular flexibility index (Phi) is 8.79. The van der Waals surface area contributed by atoms with Crippen molar-refractivity contribution in [3.05, 3.63) is 77.5 Å². The molecule has 9 nitrogen and oxygen atoms in total. The zero-order valence-electron chi connectivity index (χ0n) is 21.8. The van der Waals surface area contributed by atoms with Crippen molar-refractivity contribution in [3.63, 3.8) is 0 Å². The van der Waals surface area contributed by atoms with E-state index in [1.54, 1.807) is 7.05 Å². The lowest BCUT2D eigenvalue weighted by atomic mass is 10.1. The van der Waals surface area contributed by atoms with Crippen LogP contribution in [-0.2, 0) is 17.9 Å². The Labute approximate surface area is 218 Å². The van der Waals surface area contributed by atoms with E-state index in [1.807, 2.05) is 43.5 Å². The third-order valence-corrected chi connectivity index (χ3v) is 6.56. The first-order valence-electron chi connectivity index (χ1n) is 12.7. The minimum atomic E-state index is -0.938. The van der Waals surface area contributed by atoms with Gasteiger partial charge >= 0.3 is 6.09 Å². The number of nitrogens with zero attached hydrogens (tertiary/aromatic N) is 5. The number of carbonyl (C=O) groups is 1. The van der Waals surface area contributed by atoms with Gasteiger partial charge in [-0.1, -0.05) is 42.5 Å². The van der Waals surface area contributed by atoms with Gasteiger partial charge in [0.2, 0.25) is 5.95 Å². The van der Waals surface area contributed by atoms with E-state index in [1.165, 1.54) is 4.90 Å². The van der Waals surface area contributed by atoms with Crippen LogP contribution < -0.4 is 15.1 Å². The zero-order chi connectivity index (χ0) is 26.2. The SMILES string of the molecule is CCNc1ncc2c(n1)N(C)CCN(c1cccc(CO[C@H](CCN(C)C(=O)O)c3ccccc3)c1)C2. The number of aromatic nitrogens is 2. The molecule has 0 saturated heterocycles. The van der Waals surface area contributed by atoms with Gasteiger partial charge in [-0.3, -0.25) is 0 Å². The Morgan fingerprint density at radius 2 is 2.00 bits per heavy atom. The molecule has 3 aromatic rings. The monoisotopic (exact) mass is 504 g/mol. The molecule has 0 aliphatic carbocycles. The van der Waals surface area contributed by atoms with Crippen LogP contribution in [0.3, 0.4) is 0 Å². The summed E-state index contributed by atoms with van der Waals surface area (Å²) in [5.74, 6) is 1.62. The molecule has 1 aliphatic heterocycles. The molecule has 0 radical (unpaired) electrons. The standard InChI is InChI=1S/C28H36N6O3/c1-4-29-27-30-18-23-19-34(16-15-32(2)26(23)31-27)24-12-8-9-21(17-24)20-37-25(13-14-33(3)28(35)36)22-10-6-5-7-11-22/h5-12,17-18,25H,4,13-16,19-20H2,1-3H3,(H,35,36)(H,29,30,31)/t25-/m1/s1. The molecular weight excluding hydrogens is 468 g/mol. The van der Waals surface area contributed by atoms with Gasteiger partial charge in [-0.05, 0) is 36.6 Å². The van der Waals surface area contributed by atoms with Crippen molar-refractivity contribution < 1.29 is 14.6 Å². The van der Waals surface area contributed by atoms with Crippen LogP contribution >= 0.6 is 0 Å². The minimum Gasteiger partial charge on any atom is -0.465 e. The van der Waals surface area contributed by atoms with Crippen molar-refractivity contribution >= 4 is 23.5 Å². The second-order valence-electron chi connectivity index (χ2n) is 9.29. The fraction of sp³-hybridized carbons (Fsp3) is 0.393. The Morgan fingerprint density at radius 3 is 2.76 bits per heavy atom. The molecule has 196 valence electrons. The molecule has 2 heterocycles. The number of hydrogen-bond acceptors (Lipinski definition) is 7. The number of ether oxygens (including phenoxy) is 1. The molecule has 9 heteroatoms. The second-order valence-corrected chi connectivity index (χ2v) is 9.29. The van der Waals surface area contributed by atoms with E-state index in [2.05, 4.69) is 51.4 Å². The van der Waals surface area contributed by atoms with E-state index in [9.17, 15) is 9.90 Å². The highest BCUT2D eigenvalue weighted by molar-refractivity contribution is 5.64. The van der Waals surface area contributed by atoms with Gasteiger partial charge in [0.1, 0.15) is 5.82 Å². The molecule has 1 atom stereocenters. The van der Waals surface area contributed by atoms with Crippen molar-refractivity contribution in [2.24, 2.45) is 0 Å². The highest BCUT2D eigenvalue weighted by Gasteiger charge is 2.21. The van der Waals surface area contributed by atoms with Crippen LogP contribution in [0.2, 0.25) is 0 Å². The molecule has 2 N–H and O–H groups in total. The van der Waals surface area contributed by atoms with Gasteiger partial charge < -0.3 is 29.9 Å². The van der Waals surface area contributed by atoms with Gasteiger partial charge in [-0.15, -0.1) is 0 Å². The first-order chi connectivity index (χ1) is 17.9. The maximum atomic E-state index is 11.2. The molecular formula is C28H36N6O3. The summed E-state index contributed by atoms with van der Waals surface area (Å²) in [6.45, 7) is 6.09. The first-order valence-corrected chi connectivity index (χ1v) is 12.7. The summed E-state index contributed by atoms with van der Waals surface area (Å²) in [5.41, 5.74) is 4.33. The molecule has 0 saturated carbocycles. The van der Waals surface area contributed by atoms with Crippen molar-refractivity contribution in [2.75, 3.05) is 55.4 Å². The normalized spacial score (nSPS) is 14.0. The predicted molar refractivity (Wildman–Crippen MR) is 146 cm³/mol. The fourth-order valence-electron chi connectivity index (χ4n) is 4.43. The van der Waals surface area contributed by atoms with Crippen LogP contribution in [0.1, 0.15) is 36.1 Å². The number of hydrogen-bond donors (Lipinski definition) is 2. The second kappa shape index (κ2) is 12.4. The Hall–Kier alpha value is -3.85. The quantitative estimate of drug-likeness (QED) is 0.413. The van der Waals surface area contributed by atoms with Crippen LogP contribution in [0.4, 0.5) is 22.2 Å². The van der Waals surface area contributed by atoms with Crippen LogP contribution in [0.25, 0.3) is 0 Å². The summed E-state index contributed by atoms with van der Waals surface area (Å²) >= 11 is 0. The summed E-state index contributed by atoms with van der Waals surface area (Å²) in [6, 6.07) is 18.4. The van der Waals surface area contributed by atoms with Gasteiger partial charge in [0, 0.05) is 64.3 Å². The van der Waals surface area contributed by atoms with E-state index in [-0.39, 0.29) is 6.10 Å². The highest BCUT2D eigenvalue weighted by atomic mass is 16.5. The van der Waals surface area contributed by atoms with E-state index in [4.69, 9.17) is 9.72 Å². The molecule has 0 bridgehead atoms. The lowest BCUT2D eigenvalue weighted by Gasteiger charge is -2.24. The van der Waals surface area contributed by atoms with Crippen LogP contribution in [0.15, 0.2) is 60.8 Å². The van der Waals surface area contributed by atoms with Crippen molar-refractivity contribution in [1.29, 1.82) is 0 Å².